The van der Waals surface area contributed by atoms with Gasteiger partial charge in [-0.15, -0.1) is 0 Å². The Morgan fingerprint density at radius 3 is 1.38 bits per heavy atom. The number of para-hydroxylation sites is 1. The van der Waals surface area contributed by atoms with Gasteiger partial charge in [0.2, 0.25) is 0 Å². The van der Waals surface area contributed by atoms with E-state index in [0.29, 0.717) is 0 Å². The van der Waals surface area contributed by atoms with Crippen LogP contribution >= 0.6 is 0 Å². The van der Waals surface area contributed by atoms with Crippen molar-refractivity contribution in [2.24, 2.45) is 0 Å². The minimum Gasteiger partial charge on any atom is -0.311 e. The third-order valence-electron chi connectivity index (χ3n) is 11.6. The molecule has 2 heteroatoms. The fraction of sp³-hybridized carbons (Fsp3) is 0. The first kappa shape index (κ1) is 33.6. The van der Waals surface area contributed by atoms with E-state index in [9.17, 15) is 0 Å². The highest BCUT2D eigenvalue weighted by Crippen LogP contribution is 2.44. The van der Waals surface area contributed by atoms with Gasteiger partial charge in [-0.2, -0.15) is 0 Å². The molecule has 0 radical (unpaired) electrons. The standard InChI is InChI=1S/C56H38N2/c1-3-13-39(14-4-1)42-25-29-47(30-26-42)57(48-31-27-43(28-32-48)40-15-5-2-6-16-40)49-33-35-50(36-34-49)58-54-22-12-11-21-52(54)53-38-45-19-9-10-20-51(45)55(56(53)58)46-24-23-41-17-7-8-18-44(41)37-46/h1-38H. The first-order valence-electron chi connectivity index (χ1n) is 19.9. The fourth-order valence-corrected chi connectivity index (χ4v) is 8.76. The number of fused-ring (bicyclic) bond motifs is 5. The van der Waals surface area contributed by atoms with Crippen LogP contribution in [-0.4, -0.2) is 4.57 Å². The summed E-state index contributed by atoms with van der Waals surface area (Å²) in [7, 11) is 0. The number of hydrogen-bond donors (Lipinski definition) is 0. The van der Waals surface area contributed by atoms with Crippen LogP contribution in [0.15, 0.2) is 231 Å². The van der Waals surface area contributed by atoms with Crippen molar-refractivity contribution in [2.75, 3.05) is 4.90 Å². The second kappa shape index (κ2) is 14.1. The molecule has 0 fully saturated rings. The summed E-state index contributed by atoms with van der Waals surface area (Å²) in [6, 6.07) is 83.6. The molecule has 10 aromatic carbocycles. The van der Waals surface area contributed by atoms with Crippen molar-refractivity contribution in [3.05, 3.63) is 231 Å². The molecule has 1 heterocycles. The molecule has 0 aliphatic rings. The van der Waals surface area contributed by atoms with Gasteiger partial charge < -0.3 is 9.47 Å². The van der Waals surface area contributed by atoms with Gasteiger partial charge in [-0.3, -0.25) is 0 Å². The van der Waals surface area contributed by atoms with Crippen molar-refractivity contribution in [2.45, 2.75) is 0 Å². The van der Waals surface area contributed by atoms with E-state index in [0.717, 1.165) is 22.7 Å². The number of benzene rings is 10. The van der Waals surface area contributed by atoms with E-state index in [4.69, 9.17) is 0 Å². The minimum atomic E-state index is 1.09. The average Bonchev–Trinajstić information content (AvgIpc) is 3.63. The minimum absolute atomic E-state index is 1.09. The monoisotopic (exact) mass is 738 g/mol. The van der Waals surface area contributed by atoms with Crippen molar-refractivity contribution in [3.8, 4) is 39.1 Å². The highest BCUT2D eigenvalue weighted by molar-refractivity contribution is 6.21. The molecular formula is C56H38N2. The lowest BCUT2D eigenvalue weighted by Gasteiger charge is -2.26. The summed E-state index contributed by atoms with van der Waals surface area (Å²) in [4.78, 5) is 2.35. The van der Waals surface area contributed by atoms with Crippen LogP contribution in [0.2, 0.25) is 0 Å². The predicted molar refractivity (Wildman–Crippen MR) is 247 cm³/mol. The van der Waals surface area contributed by atoms with E-state index < -0.39 is 0 Å². The van der Waals surface area contributed by atoms with Gasteiger partial charge >= 0.3 is 0 Å². The molecule has 0 bridgehead atoms. The molecule has 2 nitrogen and oxygen atoms in total. The van der Waals surface area contributed by atoms with Gasteiger partial charge in [0.15, 0.2) is 0 Å². The summed E-state index contributed by atoms with van der Waals surface area (Å²) in [5, 5.41) is 7.46. The number of anilines is 3. The van der Waals surface area contributed by atoms with Gasteiger partial charge in [0.1, 0.15) is 0 Å². The third-order valence-corrected chi connectivity index (χ3v) is 11.6. The van der Waals surface area contributed by atoms with Gasteiger partial charge in [0.05, 0.1) is 11.0 Å². The Hall–Kier alpha value is -7.68. The van der Waals surface area contributed by atoms with Crippen LogP contribution in [0.1, 0.15) is 0 Å². The molecule has 0 saturated carbocycles. The lowest BCUT2D eigenvalue weighted by Crippen LogP contribution is -2.10. The molecule has 0 atom stereocenters. The van der Waals surface area contributed by atoms with Crippen LogP contribution < -0.4 is 4.90 Å². The summed E-state index contributed by atoms with van der Waals surface area (Å²) in [5.41, 5.74) is 14.1. The first-order chi connectivity index (χ1) is 28.8. The van der Waals surface area contributed by atoms with E-state index in [1.807, 2.05) is 0 Å². The zero-order valence-electron chi connectivity index (χ0n) is 31.8. The van der Waals surface area contributed by atoms with Crippen molar-refractivity contribution in [3.63, 3.8) is 0 Å². The molecule has 11 rings (SSSR count). The first-order valence-corrected chi connectivity index (χ1v) is 19.9. The lowest BCUT2D eigenvalue weighted by atomic mass is 9.93. The average molecular weight is 739 g/mol. The summed E-state index contributed by atoms with van der Waals surface area (Å²) >= 11 is 0. The van der Waals surface area contributed by atoms with Crippen molar-refractivity contribution in [1.29, 1.82) is 0 Å². The van der Waals surface area contributed by atoms with Crippen LogP contribution in [-0.2, 0) is 0 Å². The Morgan fingerprint density at radius 2 is 0.759 bits per heavy atom. The van der Waals surface area contributed by atoms with E-state index in [1.54, 1.807) is 0 Å². The largest absolute Gasteiger partial charge is 0.311 e. The van der Waals surface area contributed by atoms with Gasteiger partial charge in [0, 0.05) is 39.1 Å². The van der Waals surface area contributed by atoms with Crippen LogP contribution in [0, 0.1) is 0 Å². The Bertz CT molecular complexity index is 3150. The quantitative estimate of drug-likeness (QED) is 0.158. The third kappa shape index (κ3) is 5.82. The number of nitrogens with zero attached hydrogens (tertiary/aromatic N) is 2. The molecule has 58 heavy (non-hydrogen) atoms. The Balaban J connectivity index is 1.08. The molecule has 11 aromatic rings. The van der Waals surface area contributed by atoms with Crippen molar-refractivity contribution in [1.82, 2.24) is 4.57 Å². The highest BCUT2D eigenvalue weighted by atomic mass is 15.1. The van der Waals surface area contributed by atoms with Crippen molar-refractivity contribution < 1.29 is 0 Å². The molecule has 0 saturated heterocycles. The molecule has 0 unspecified atom stereocenters. The zero-order chi connectivity index (χ0) is 38.4. The maximum Gasteiger partial charge on any atom is 0.0625 e. The Kier molecular flexibility index (Phi) is 8.19. The molecule has 0 aliphatic heterocycles. The highest BCUT2D eigenvalue weighted by Gasteiger charge is 2.21. The molecule has 0 amide bonds. The smallest absolute Gasteiger partial charge is 0.0625 e. The molecule has 0 aliphatic carbocycles. The molecule has 0 spiro atoms. The fourth-order valence-electron chi connectivity index (χ4n) is 8.76. The number of aromatic nitrogens is 1. The normalized spacial score (nSPS) is 11.4. The van der Waals surface area contributed by atoms with Crippen molar-refractivity contribution >= 4 is 60.4 Å². The van der Waals surface area contributed by atoms with Gasteiger partial charge in [-0.25, -0.2) is 0 Å². The lowest BCUT2D eigenvalue weighted by molar-refractivity contribution is 1.18. The SMILES string of the molecule is c1ccc(-c2ccc(N(c3ccc(-c4ccccc4)cc3)c3ccc(-n4c5ccccc5c5cc6ccccc6c(-c6ccc7ccccc7c6)c54)cc3)cc2)cc1. The second-order valence-electron chi connectivity index (χ2n) is 15.0. The molecule has 272 valence electrons. The van der Waals surface area contributed by atoms with E-state index in [2.05, 4.69) is 240 Å². The Morgan fingerprint density at radius 1 is 0.293 bits per heavy atom. The van der Waals surface area contributed by atoms with Gasteiger partial charge in [-0.05, 0) is 116 Å². The summed E-state index contributed by atoms with van der Waals surface area (Å²) < 4.78 is 2.47. The number of rotatable bonds is 7. The van der Waals surface area contributed by atoms with Crippen LogP contribution in [0.4, 0.5) is 17.1 Å². The maximum atomic E-state index is 2.47. The van der Waals surface area contributed by atoms with Crippen LogP contribution in [0.25, 0.3) is 82.4 Å². The predicted octanol–water partition coefficient (Wildman–Crippen LogP) is 15.6. The van der Waals surface area contributed by atoms with E-state index >= 15 is 0 Å². The summed E-state index contributed by atoms with van der Waals surface area (Å²) in [5.74, 6) is 0. The van der Waals surface area contributed by atoms with Crippen LogP contribution in [0.5, 0.6) is 0 Å². The molecule has 1 aromatic heterocycles. The summed E-state index contributed by atoms with van der Waals surface area (Å²) in [6.45, 7) is 0. The van der Waals surface area contributed by atoms with E-state index in [-0.39, 0.29) is 0 Å². The second-order valence-corrected chi connectivity index (χ2v) is 15.0. The zero-order valence-corrected chi connectivity index (χ0v) is 31.8. The number of hydrogen-bond acceptors (Lipinski definition) is 1. The maximum absolute atomic E-state index is 2.47. The Labute approximate surface area is 338 Å². The van der Waals surface area contributed by atoms with Crippen LogP contribution in [0.3, 0.4) is 0 Å². The van der Waals surface area contributed by atoms with Gasteiger partial charge in [0.25, 0.3) is 0 Å². The van der Waals surface area contributed by atoms with Gasteiger partial charge in [-0.1, -0.05) is 164 Å². The molecular weight excluding hydrogens is 701 g/mol. The molecule has 0 N–H and O–H groups in total. The topological polar surface area (TPSA) is 8.17 Å². The van der Waals surface area contributed by atoms with E-state index in [1.165, 1.54) is 76.7 Å². The summed E-state index contributed by atoms with van der Waals surface area (Å²) in [6.07, 6.45) is 0.